The van der Waals surface area contributed by atoms with Crippen LogP contribution in [0.1, 0.15) is 45.7 Å². The molecule has 1 aromatic carbocycles. The molecule has 2 nitrogen and oxygen atoms in total. The second-order valence-electron chi connectivity index (χ2n) is 6.56. The molecule has 0 spiro atoms. The Kier molecular flexibility index (Phi) is 4.38. The van der Waals surface area contributed by atoms with Crippen molar-refractivity contribution >= 4 is 15.9 Å². The zero-order chi connectivity index (χ0) is 14.2. The maximum Gasteiger partial charge on any atom is 0.0783 e. The van der Waals surface area contributed by atoms with Gasteiger partial charge in [-0.3, -0.25) is 0 Å². The summed E-state index contributed by atoms with van der Waals surface area (Å²) >= 11 is 3.59. The monoisotopic (exact) mass is 325 g/mol. The first-order chi connectivity index (χ1) is 8.86. The first-order valence-corrected chi connectivity index (χ1v) is 7.84. The number of aliphatic hydroxyl groups is 1. The first-order valence-electron chi connectivity index (χ1n) is 7.04. The summed E-state index contributed by atoms with van der Waals surface area (Å²) in [6, 6.07) is 8.54. The van der Waals surface area contributed by atoms with Gasteiger partial charge in [0.15, 0.2) is 0 Å². The highest BCUT2D eigenvalue weighted by atomic mass is 79.9. The lowest BCUT2D eigenvalue weighted by molar-refractivity contribution is 0.0501. The smallest absolute Gasteiger partial charge is 0.0783 e. The molecular weight excluding hydrogens is 302 g/mol. The molecule has 0 bridgehead atoms. The molecule has 0 saturated carbocycles. The largest absolute Gasteiger partial charge is 0.391 e. The van der Waals surface area contributed by atoms with Crippen LogP contribution in [-0.4, -0.2) is 17.3 Å². The van der Waals surface area contributed by atoms with E-state index in [2.05, 4.69) is 55.0 Å². The molecule has 2 rings (SSSR count). The third-order valence-corrected chi connectivity index (χ3v) is 4.94. The Labute approximate surface area is 124 Å². The van der Waals surface area contributed by atoms with E-state index >= 15 is 0 Å². The summed E-state index contributed by atoms with van der Waals surface area (Å²) < 4.78 is 1.07. The molecule has 0 aliphatic carbocycles. The zero-order valence-electron chi connectivity index (χ0n) is 12.2. The molecule has 19 heavy (non-hydrogen) atoms. The van der Waals surface area contributed by atoms with Crippen molar-refractivity contribution in [1.29, 1.82) is 0 Å². The van der Waals surface area contributed by atoms with Crippen molar-refractivity contribution in [1.82, 2.24) is 5.32 Å². The molecule has 1 aliphatic heterocycles. The molecule has 1 aromatic rings. The summed E-state index contributed by atoms with van der Waals surface area (Å²) in [5.74, 6) is 0.273. The number of aliphatic hydroxyl groups excluding tert-OH is 1. The molecule has 0 aromatic heterocycles. The van der Waals surface area contributed by atoms with Crippen LogP contribution in [0.5, 0.6) is 0 Å². The Morgan fingerprint density at radius 1 is 1.26 bits per heavy atom. The van der Waals surface area contributed by atoms with Crippen LogP contribution in [0, 0.1) is 11.3 Å². The summed E-state index contributed by atoms with van der Waals surface area (Å²) in [7, 11) is 0. The summed E-state index contributed by atoms with van der Waals surface area (Å²) in [5, 5.41) is 14.4. The van der Waals surface area contributed by atoms with Crippen molar-refractivity contribution in [3.63, 3.8) is 0 Å². The summed E-state index contributed by atoms with van der Waals surface area (Å²) in [4.78, 5) is 0. The van der Waals surface area contributed by atoms with Crippen LogP contribution in [0.15, 0.2) is 28.7 Å². The van der Waals surface area contributed by atoms with Gasteiger partial charge in [-0.15, -0.1) is 0 Å². The molecule has 1 heterocycles. The van der Waals surface area contributed by atoms with Crippen molar-refractivity contribution < 1.29 is 5.11 Å². The SMILES string of the molecule is CCC1NC(c2ccccc2Br)C(O)C1C(C)(C)C. The fraction of sp³-hybridized carbons (Fsp3) is 0.625. The third kappa shape index (κ3) is 2.88. The van der Waals surface area contributed by atoms with Crippen molar-refractivity contribution in [3.8, 4) is 0 Å². The normalized spacial score (nSPS) is 31.7. The van der Waals surface area contributed by atoms with E-state index in [0.29, 0.717) is 6.04 Å². The second-order valence-corrected chi connectivity index (χ2v) is 7.42. The van der Waals surface area contributed by atoms with E-state index in [9.17, 15) is 5.11 Å². The van der Waals surface area contributed by atoms with Gasteiger partial charge in [0.25, 0.3) is 0 Å². The van der Waals surface area contributed by atoms with Gasteiger partial charge in [-0.1, -0.05) is 61.8 Å². The van der Waals surface area contributed by atoms with Crippen LogP contribution in [0.25, 0.3) is 0 Å². The Morgan fingerprint density at radius 2 is 1.89 bits per heavy atom. The maximum absolute atomic E-state index is 10.8. The standard InChI is InChI=1S/C16H24BrNO/c1-5-12-13(16(2,3)4)15(19)14(18-12)10-8-6-7-9-11(10)17/h6-9,12-15,18-19H,5H2,1-4H3. The van der Waals surface area contributed by atoms with Crippen LogP contribution < -0.4 is 5.32 Å². The quantitative estimate of drug-likeness (QED) is 0.864. The molecule has 2 N–H and O–H groups in total. The van der Waals surface area contributed by atoms with E-state index in [-0.39, 0.29) is 23.5 Å². The third-order valence-electron chi connectivity index (χ3n) is 4.22. The van der Waals surface area contributed by atoms with Gasteiger partial charge >= 0.3 is 0 Å². The molecule has 1 aliphatic rings. The number of rotatable bonds is 2. The maximum atomic E-state index is 10.8. The van der Waals surface area contributed by atoms with E-state index in [1.807, 2.05) is 18.2 Å². The van der Waals surface area contributed by atoms with Gasteiger partial charge < -0.3 is 10.4 Å². The lowest BCUT2D eigenvalue weighted by Crippen LogP contribution is -2.37. The fourth-order valence-electron chi connectivity index (χ4n) is 3.37. The number of hydrogen-bond donors (Lipinski definition) is 2. The van der Waals surface area contributed by atoms with E-state index < -0.39 is 0 Å². The van der Waals surface area contributed by atoms with Crippen LogP contribution in [0.2, 0.25) is 0 Å². The molecular formula is C16H24BrNO. The summed E-state index contributed by atoms with van der Waals surface area (Å²) in [6.45, 7) is 8.83. The lowest BCUT2D eigenvalue weighted by Gasteiger charge is -2.33. The van der Waals surface area contributed by atoms with Crippen molar-refractivity contribution in [2.24, 2.45) is 11.3 Å². The van der Waals surface area contributed by atoms with Gasteiger partial charge in [0.1, 0.15) is 0 Å². The van der Waals surface area contributed by atoms with Gasteiger partial charge in [-0.2, -0.15) is 0 Å². The number of hydrogen-bond acceptors (Lipinski definition) is 2. The van der Waals surface area contributed by atoms with Crippen LogP contribution in [-0.2, 0) is 0 Å². The van der Waals surface area contributed by atoms with Gasteiger partial charge in [0.2, 0.25) is 0 Å². The Hall–Kier alpha value is -0.380. The highest BCUT2D eigenvalue weighted by Gasteiger charge is 2.47. The van der Waals surface area contributed by atoms with Crippen molar-refractivity contribution in [3.05, 3.63) is 34.3 Å². The Balaban J connectivity index is 2.33. The summed E-state index contributed by atoms with van der Waals surface area (Å²) in [6.07, 6.45) is 0.698. The summed E-state index contributed by atoms with van der Waals surface area (Å²) in [5.41, 5.74) is 1.25. The average Bonchev–Trinajstić information content (AvgIpc) is 2.66. The van der Waals surface area contributed by atoms with Crippen molar-refractivity contribution in [2.45, 2.75) is 52.3 Å². The molecule has 0 radical (unpaired) electrons. The molecule has 3 heteroatoms. The Morgan fingerprint density at radius 3 is 2.37 bits per heavy atom. The van der Waals surface area contributed by atoms with E-state index in [1.165, 1.54) is 0 Å². The predicted molar refractivity (Wildman–Crippen MR) is 83.0 cm³/mol. The number of halogens is 1. The zero-order valence-corrected chi connectivity index (χ0v) is 13.7. The number of benzene rings is 1. The lowest BCUT2D eigenvalue weighted by atomic mass is 9.73. The van der Waals surface area contributed by atoms with Crippen LogP contribution in [0.3, 0.4) is 0 Å². The molecule has 4 atom stereocenters. The second kappa shape index (κ2) is 5.55. The fourth-order valence-corrected chi connectivity index (χ4v) is 3.90. The topological polar surface area (TPSA) is 32.3 Å². The Bertz CT molecular complexity index is 441. The van der Waals surface area contributed by atoms with Gasteiger partial charge in [-0.25, -0.2) is 0 Å². The average molecular weight is 326 g/mol. The van der Waals surface area contributed by atoms with E-state index in [1.54, 1.807) is 0 Å². The molecule has 4 unspecified atom stereocenters. The highest BCUT2D eigenvalue weighted by molar-refractivity contribution is 9.10. The minimum Gasteiger partial charge on any atom is -0.391 e. The van der Waals surface area contributed by atoms with Gasteiger partial charge in [0.05, 0.1) is 12.1 Å². The van der Waals surface area contributed by atoms with Gasteiger partial charge in [-0.05, 0) is 23.5 Å². The molecule has 1 fully saturated rings. The number of nitrogens with one attached hydrogen (secondary N) is 1. The minimum atomic E-state index is -0.344. The minimum absolute atomic E-state index is 0.0183. The van der Waals surface area contributed by atoms with Crippen LogP contribution >= 0.6 is 15.9 Å². The molecule has 106 valence electrons. The van der Waals surface area contributed by atoms with Gasteiger partial charge in [0, 0.05) is 16.4 Å². The van der Waals surface area contributed by atoms with E-state index in [0.717, 1.165) is 16.5 Å². The van der Waals surface area contributed by atoms with Crippen LogP contribution in [0.4, 0.5) is 0 Å². The van der Waals surface area contributed by atoms with E-state index in [4.69, 9.17) is 0 Å². The van der Waals surface area contributed by atoms with Crippen molar-refractivity contribution in [2.75, 3.05) is 0 Å². The molecule has 1 saturated heterocycles. The first kappa shape index (κ1) is 15.0. The molecule has 0 amide bonds. The predicted octanol–water partition coefficient (Wildman–Crippen LogP) is 3.90. The highest BCUT2D eigenvalue weighted by Crippen LogP contribution is 2.43.